The highest BCUT2D eigenvalue weighted by molar-refractivity contribution is 5.76. The number of hydrogen-bond acceptors (Lipinski definition) is 4. The molecule has 0 aromatic heterocycles. The Morgan fingerprint density at radius 1 is 0.861 bits per heavy atom. The number of rotatable bonds is 3. The predicted molar refractivity (Wildman–Crippen MR) is 136 cm³/mol. The van der Waals surface area contributed by atoms with Crippen molar-refractivity contribution in [3.8, 4) is 0 Å². The molecule has 5 unspecified atom stereocenters. The molecule has 5 heteroatoms. The van der Waals surface area contributed by atoms with Gasteiger partial charge in [0.1, 0.15) is 0 Å². The average molecular weight is 500 g/mol. The number of aliphatic carboxylic acids is 2. The van der Waals surface area contributed by atoms with E-state index in [1.54, 1.807) is 0 Å². The number of carbonyl (C=O) groups excluding carboxylic acids is 1. The first-order valence-electron chi connectivity index (χ1n) is 14.4. The monoisotopic (exact) mass is 499 g/mol. The number of allylic oxidation sites excluding steroid dienone is 1. The van der Waals surface area contributed by atoms with Crippen LogP contribution < -0.4 is 5.11 Å². The van der Waals surface area contributed by atoms with Crippen LogP contribution in [0, 0.1) is 62.6 Å². The van der Waals surface area contributed by atoms with Gasteiger partial charge in [0.2, 0.25) is 0 Å². The number of carboxylic acids is 2. The first-order chi connectivity index (χ1) is 16.6. The molecule has 5 rings (SSSR count). The van der Waals surface area contributed by atoms with E-state index < -0.39 is 34.8 Å². The van der Waals surface area contributed by atoms with Crippen molar-refractivity contribution >= 4 is 11.9 Å². The Labute approximate surface area is 217 Å². The second-order valence-electron chi connectivity index (χ2n) is 15.0. The van der Waals surface area contributed by atoms with E-state index in [-0.39, 0.29) is 34.0 Å². The lowest BCUT2D eigenvalue weighted by Gasteiger charge is -2.73. The van der Waals surface area contributed by atoms with Crippen LogP contribution in [0.5, 0.6) is 0 Å². The lowest BCUT2D eigenvalue weighted by Crippen LogP contribution is -2.68. The quantitative estimate of drug-likeness (QED) is 0.529. The van der Waals surface area contributed by atoms with Crippen LogP contribution >= 0.6 is 0 Å². The smallest absolute Gasteiger partial charge is 0.309 e. The Balaban J connectivity index is 1.58. The molecule has 2 N–H and O–H groups in total. The largest absolute Gasteiger partial charge is 0.550 e. The van der Waals surface area contributed by atoms with Gasteiger partial charge in [-0.2, -0.15) is 0 Å². The van der Waals surface area contributed by atoms with Gasteiger partial charge in [0, 0.05) is 11.9 Å². The van der Waals surface area contributed by atoms with Crippen LogP contribution in [0.2, 0.25) is 0 Å². The molecule has 11 atom stereocenters. The van der Waals surface area contributed by atoms with E-state index in [1.165, 1.54) is 0 Å². The molecule has 5 aliphatic rings. The SMILES string of the molecule is C=C(C)C1CC[C@]2(C(=O)O)CC[C@]3(C)C(CCC4[C@@]5(C)C[C@@H](C(=O)[O-])[C@H](O)C(C)(C)C5CC[C@]43C)C12. The van der Waals surface area contributed by atoms with Gasteiger partial charge in [-0.25, -0.2) is 0 Å². The minimum absolute atomic E-state index is 0.00271. The first-order valence-corrected chi connectivity index (χ1v) is 14.4. The summed E-state index contributed by atoms with van der Waals surface area (Å²) < 4.78 is 0. The van der Waals surface area contributed by atoms with Crippen LogP contribution in [0.15, 0.2) is 12.2 Å². The number of aliphatic hydroxyl groups is 1. The first kappa shape index (κ1) is 26.3. The van der Waals surface area contributed by atoms with Crippen LogP contribution in [0.1, 0.15) is 99.3 Å². The molecule has 0 heterocycles. The second-order valence-corrected chi connectivity index (χ2v) is 15.0. The molecule has 5 saturated carbocycles. The van der Waals surface area contributed by atoms with E-state index in [1.807, 2.05) is 0 Å². The average Bonchev–Trinajstić information content (AvgIpc) is 3.18. The third kappa shape index (κ3) is 2.98. The zero-order valence-electron chi connectivity index (χ0n) is 23.2. The van der Waals surface area contributed by atoms with Crippen molar-refractivity contribution in [3.63, 3.8) is 0 Å². The summed E-state index contributed by atoms with van der Waals surface area (Å²) in [6.07, 6.45) is 6.97. The fraction of sp³-hybridized carbons (Fsp3) is 0.871. The van der Waals surface area contributed by atoms with Crippen LogP contribution in [0.4, 0.5) is 0 Å². The fourth-order valence-electron chi connectivity index (χ4n) is 11.9. The molecule has 202 valence electrons. The maximum absolute atomic E-state index is 12.8. The van der Waals surface area contributed by atoms with Gasteiger partial charge in [0.15, 0.2) is 0 Å². The normalized spacial score (nSPS) is 53.4. The third-order valence-corrected chi connectivity index (χ3v) is 13.8. The van der Waals surface area contributed by atoms with Gasteiger partial charge in [0.05, 0.1) is 11.5 Å². The van der Waals surface area contributed by atoms with Crippen molar-refractivity contribution in [2.45, 2.75) is 105 Å². The highest BCUT2D eigenvalue weighted by atomic mass is 16.4. The maximum Gasteiger partial charge on any atom is 0.309 e. The number of fused-ring (bicyclic) bond motifs is 7. The lowest BCUT2D eigenvalue weighted by molar-refractivity contribution is -0.326. The standard InChI is InChI=1S/C31H48O5/c1-17(2)18-10-13-31(26(35)36)15-14-29(6)20(23(18)31)8-9-22-28(5)16-19(25(33)34)24(32)27(3,4)21(28)11-12-30(22,29)7/h18-24,32H,1,8-16H2,2-7H3,(H,33,34)(H,35,36)/p-1/t18?,19-,20?,21?,22?,23?,24+,28+,29-,30-,31+/m1/s1. The van der Waals surface area contributed by atoms with E-state index in [9.17, 15) is 24.9 Å². The zero-order valence-corrected chi connectivity index (χ0v) is 23.2. The second kappa shape index (κ2) is 7.83. The molecule has 0 spiro atoms. The van der Waals surface area contributed by atoms with E-state index >= 15 is 0 Å². The van der Waals surface area contributed by atoms with Gasteiger partial charge in [-0.1, -0.05) is 46.8 Å². The predicted octanol–water partition coefficient (Wildman–Crippen LogP) is 5.07. The van der Waals surface area contributed by atoms with Gasteiger partial charge in [-0.3, -0.25) is 4.79 Å². The minimum atomic E-state index is -1.12. The fourth-order valence-corrected chi connectivity index (χ4v) is 11.9. The Hall–Kier alpha value is -1.36. The van der Waals surface area contributed by atoms with E-state index in [2.05, 4.69) is 48.1 Å². The molecule has 0 saturated heterocycles. The molecule has 0 aliphatic heterocycles. The summed E-state index contributed by atoms with van der Waals surface area (Å²) in [5, 5.41) is 33.8. The summed E-state index contributed by atoms with van der Waals surface area (Å²) in [7, 11) is 0. The van der Waals surface area contributed by atoms with Crippen LogP contribution in [-0.2, 0) is 9.59 Å². The highest BCUT2D eigenvalue weighted by Crippen LogP contribution is 2.77. The van der Waals surface area contributed by atoms with Crippen molar-refractivity contribution in [1.29, 1.82) is 0 Å². The number of hydrogen-bond donors (Lipinski definition) is 2. The Bertz CT molecular complexity index is 985. The summed E-state index contributed by atoms with van der Waals surface area (Å²) in [5.74, 6) is -1.23. The Kier molecular flexibility index (Phi) is 5.71. The third-order valence-electron chi connectivity index (χ3n) is 13.8. The van der Waals surface area contributed by atoms with Crippen molar-refractivity contribution in [2.24, 2.45) is 62.6 Å². The van der Waals surface area contributed by atoms with E-state index in [0.717, 1.165) is 56.9 Å². The number of carbonyl (C=O) groups is 2. The molecule has 5 nitrogen and oxygen atoms in total. The van der Waals surface area contributed by atoms with E-state index in [4.69, 9.17) is 0 Å². The topological polar surface area (TPSA) is 97.7 Å². The molecule has 0 radical (unpaired) electrons. The molecule has 0 aromatic carbocycles. The van der Waals surface area contributed by atoms with Gasteiger partial charge in [-0.15, -0.1) is 0 Å². The summed E-state index contributed by atoms with van der Waals surface area (Å²) in [6.45, 7) is 17.7. The molecule has 5 fully saturated rings. The molecular weight excluding hydrogens is 452 g/mol. The van der Waals surface area contributed by atoms with Gasteiger partial charge in [-0.05, 0) is 116 Å². The van der Waals surface area contributed by atoms with Crippen molar-refractivity contribution in [2.75, 3.05) is 0 Å². The molecule has 5 aliphatic carbocycles. The molecule has 36 heavy (non-hydrogen) atoms. The Morgan fingerprint density at radius 3 is 2.11 bits per heavy atom. The van der Waals surface area contributed by atoms with Gasteiger partial charge >= 0.3 is 5.97 Å². The summed E-state index contributed by atoms with van der Waals surface area (Å²) in [6, 6.07) is 0. The van der Waals surface area contributed by atoms with Crippen LogP contribution in [0.25, 0.3) is 0 Å². The minimum Gasteiger partial charge on any atom is -0.550 e. The van der Waals surface area contributed by atoms with Crippen molar-refractivity contribution < 1.29 is 24.9 Å². The molecular formula is C31H47O5-. The summed E-state index contributed by atoms with van der Waals surface area (Å²) in [5.41, 5.74) is -0.173. The summed E-state index contributed by atoms with van der Waals surface area (Å²) in [4.78, 5) is 25.0. The van der Waals surface area contributed by atoms with Crippen LogP contribution in [-0.4, -0.2) is 28.3 Å². The molecule has 0 bridgehead atoms. The van der Waals surface area contributed by atoms with E-state index in [0.29, 0.717) is 18.3 Å². The van der Waals surface area contributed by atoms with Crippen molar-refractivity contribution in [1.82, 2.24) is 0 Å². The number of carboxylic acid groups (broad SMARTS) is 2. The Morgan fingerprint density at radius 2 is 1.53 bits per heavy atom. The van der Waals surface area contributed by atoms with Crippen LogP contribution in [0.3, 0.4) is 0 Å². The zero-order chi connectivity index (χ0) is 26.6. The van der Waals surface area contributed by atoms with Gasteiger partial charge in [0.25, 0.3) is 0 Å². The lowest BCUT2D eigenvalue weighted by atomic mass is 9.31. The molecule has 0 aromatic rings. The maximum atomic E-state index is 12.8. The molecule has 0 amide bonds. The highest BCUT2D eigenvalue weighted by Gasteiger charge is 2.72. The van der Waals surface area contributed by atoms with Gasteiger partial charge < -0.3 is 20.1 Å². The summed E-state index contributed by atoms with van der Waals surface area (Å²) >= 11 is 0. The van der Waals surface area contributed by atoms with Crippen molar-refractivity contribution in [3.05, 3.63) is 12.2 Å². The number of aliphatic hydroxyl groups excluding tert-OH is 1.